The molecule has 2 heterocycles. The van der Waals surface area contributed by atoms with Crippen LogP contribution in [-0.2, 0) is 29.8 Å². The fraction of sp³-hybridized carbons (Fsp3) is 0.440. The van der Waals surface area contributed by atoms with Gasteiger partial charge in [0.1, 0.15) is 10.6 Å². The number of amides is 2. The Hall–Kier alpha value is -3.23. The molecule has 4 rings (SSSR count). The fourth-order valence-electron chi connectivity index (χ4n) is 5.16. The number of nitrogens with one attached hydrogen (secondary N) is 1. The van der Waals surface area contributed by atoms with E-state index in [-0.39, 0.29) is 56.0 Å². The molecule has 6 nitrogen and oxygen atoms in total. The van der Waals surface area contributed by atoms with Crippen LogP contribution in [0.15, 0.2) is 53.4 Å². The van der Waals surface area contributed by atoms with Crippen LogP contribution < -0.4 is 5.32 Å². The van der Waals surface area contributed by atoms with Crippen molar-refractivity contribution < 1.29 is 53.1 Å². The SMILES string of the molecule is O=C1CC(C(=O)N2CC[C@@](c3ccc(C(F)(C(F)(F)F)C(F)(F)F)cc3)(S(=O)(=O)c3ccc(F)cc3)C2)CCN1. The Labute approximate surface area is 223 Å². The van der Waals surface area contributed by atoms with Gasteiger partial charge in [0.2, 0.25) is 11.8 Å². The normalized spacial score (nSPS) is 22.8. The highest BCUT2D eigenvalue weighted by Gasteiger charge is 2.73. The number of carbonyl (C=O) groups is 2. The van der Waals surface area contributed by atoms with Crippen LogP contribution in [0.2, 0.25) is 0 Å². The van der Waals surface area contributed by atoms with Gasteiger partial charge in [-0.1, -0.05) is 24.3 Å². The molecule has 2 fully saturated rings. The average molecular weight is 599 g/mol. The quantitative estimate of drug-likeness (QED) is 0.405. The summed E-state index contributed by atoms with van der Waals surface area (Å²) in [6.07, 6.45) is -12.9. The summed E-state index contributed by atoms with van der Waals surface area (Å²) in [5.41, 5.74) is -7.81. The number of carbonyl (C=O) groups excluding carboxylic acids is 2. The Bertz CT molecular complexity index is 1380. The van der Waals surface area contributed by atoms with Crippen molar-refractivity contribution in [1.29, 1.82) is 0 Å². The maximum atomic E-state index is 14.6. The second kappa shape index (κ2) is 10.00. The molecule has 0 aromatic heterocycles. The summed E-state index contributed by atoms with van der Waals surface area (Å²) < 4.78 is 133. The Morgan fingerprint density at radius 1 is 0.925 bits per heavy atom. The molecule has 1 N–H and O–H groups in total. The standard InChI is InChI=1S/C25H22F8N2O4S/c26-18-5-7-19(8-6-18)40(38,39)22(10-12-35(14-22)21(37)15-9-11-34-20(36)13-15)16-1-3-17(4-2-16)23(27,24(28,29)30)25(31,32)33/h1-8,15H,9-14H2,(H,34,36)/t15?,22-/m1/s1. The van der Waals surface area contributed by atoms with Gasteiger partial charge in [-0.2, -0.15) is 26.3 Å². The minimum Gasteiger partial charge on any atom is -0.356 e. The lowest BCUT2D eigenvalue weighted by Gasteiger charge is -2.33. The number of benzene rings is 2. The van der Waals surface area contributed by atoms with Crippen LogP contribution in [0.5, 0.6) is 0 Å². The second-order valence-corrected chi connectivity index (χ2v) is 12.0. The molecule has 2 aromatic carbocycles. The Kier molecular flexibility index (Phi) is 7.43. The largest absolute Gasteiger partial charge is 0.435 e. The van der Waals surface area contributed by atoms with Crippen LogP contribution in [0.25, 0.3) is 0 Å². The Balaban J connectivity index is 1.80. The molecule has 2 saturated heterocycles. The van der Waals surface area contributed by atoms with Gasteiger partial charge in [0, 0.05) is 37.5 Å². The molecule has 218 valence electrons. The van der Waals surface area contributed by atoms with Gasteiger partial charge in [0.25, 0.3) is 0 Å². The molecule has 0 saturated carbocycles. The predicted molar refractivity (Wildman–Crippen MR) is 124 cm³/mol. The number of alkyl halides is 7. The van der Waals surface area contributed by atoms with Gasteiger partial charge < -0.3 is 10.2 Å². The number of rotatable bonds is 5. The van der Waals surface area contributed by atoms with Crippen molar-refractivity contribution in [3.63, 3.8) is 0 Å². The van der Waals surface area contributed by atoms with E-state index in [0.29, 0.717) is 12.1 Å². The van der Waals surface area contributed by atoms with Gasteiger partial charge in [0.15, 0.2) is 9.84 Å². The summed E-state index contributed by atoms with van der Waals surface area (Å²) in [5, 5.41) is 2.56. The van der Waals surface area contributed by atoms with Gasteiger partial charge in [-0.05, 0) is 42.7 Å². The van der Waals surface area contributed by atoms with Gasteiger partial charge >= 0.3 is 18.0 Å². The maximum Gasteiger partial charge on any atom is 0.435 e. The highest BCUT2D eigenvalue weighted by molar-refractivity contribution is 7.92. The molecule has 0 aliphatic carbocycles. The van der Waals surface area contributed by atoms with Crippen molar-refractivity contribution in [2.75, 3.05) is 19.6 Å². The molecule has 0 spiro atoms. The first-order valence-corrected chi connectivity index (χ1v) is 13.4. The Morgan fingerprint density at radius 3 is 2.02 bits per heavy atom. The molecule has 2 amide bonds. The van der Waals surface area contributed by atoms with E-state index < -0.39 is 67.3 Å². The lowest BCUT2D eigenvalue weighted by atomic mass is 9.90. The first kappa shape index (κ1) is 29.7. The highest BCUT2D eigenvalue weighted by atomic mass is 32.2. The average Bonchev–Trinajstić information content (AvgIpc) is 3.34. The lowest BCUT2D eigenvalue weighted by molar-refractivity contribution is -0.348. The van der Waals surface area contributed by atoms with Crippen molar-refractivity contribution in [2.45, 2.75) is 46.9 Å². The smallest absolute Gasteiger partial charge is 0.356 e. The minimum absolute atomic E-state index is 0.144. The molecule has 2 aliphatic rings. The summed E-state index contributed by atoms with van der Waals surface area (Å²) >= 11 is 0. The molecule has 2 aromatic rings. The van der Waals surface area contributed by atoms with E-state index in [2.05, 4.69) is 5.32 Å². The van der Waals surface area contributed by atoms with Gasteiger partial charge in [-0.25, -0.2) is 17.2 Å². The topological polar surface area (TPSA) is 83.6 Å². The van der Waals surface area contributed by atoms with Crippen LogP contribution in [0, 0.1) is 11.7 Å². The number of hydrogen-bond acceptors (Lipinski definition) is 4. The zero-order valence-electron chi connectivity index (χ0n) is 20.5. The van der Waals surface area contributed by atoms with E-state index in [0.717, 1.165) is 24.3 Å². The molecule has 2 aliphatic heterocycles. The fourth-order valence-corrected chi connectivity index (χ4v) is 7.24. The third-order valence-electron chi connectivity index (χ3n) is 7.37. The summed E-state index contributed by atoms with van der Waals surface area (Å²) in [6, 6.07) is 5.34. The zero-order chi connectivity index (χ0) is 29.7. The van der Waals surface area contributed by atoms with Crippen molar-refractivity contribution in [3.05, 3.63) is 65.5 Å². The molecule has 0 bridgehead atoms. The number of hydrogen-bond donors (Lipinski definition) is 1. The molecular formula is C25H22F8N2O4S. The summed E-state index contributed by atoms with van der Waals surface area (Å²) in [4.78, 5) is 25.7. The third kappa shape index (κ3) is 4.81. The number of sulfone groups is 1. The number of halogens is 8. The van der Waals surface area contributed by atoms with Gasteiger partial charge in [0.05, 0.1) is 4.90 Å². The van der Waals surface area contributed by atoms with Gasteiger partial charge in [-0.15, -0.1) is 0 Å². The van der Waals surface area contributed by atoms with E-state index in [1.807, 2.05) is 0 Å². The molecule has 1 unspecified atom stereocenters. The number of nitrogens with zero attached hydrogens (tertiary/aromatic N) is 1. The summed E-state index contributed by atoms with van der Waals surface area (Å²) in [6.45, 7) is -0.507. The van der Waals surface area contributed by atoms with Crippen LogP contribution in [0.1, 0.15) is 30.4 Å². The van der Waals surface area contributed by atoms with Gasteiger partial charge in [-0.3, -0.25) is 9.59 Å². The lowest BCUT2D eigenvalue weighted by Crippen LogP contribution is -2.50. The van der Waals surface area contributed by atoms with Crippen LogP contribution in [-0.4, -0.2) is 57.1 Å². The van der Waals surface area contributed by atoms with E-state index in [4.69, 9.17) is 0 Å². The van der Waals surface area contributed by atoms with E-state index in [1.54, 1.807) is 0 Å². The van der Waals surface area contributed by atoms with Crippen LogP contribution in [0.4, 0.5) is 35.1 Å². The third-order valence-corrected chi connectivity index (χ3v) is 9.86. The number of likely N-dealkylation sites (tertiary alicyclic amines) is 1. The molecular weight excluding hydrogens is 576 g/mol. The minimum atomic E-state index is -6.37. The van der Waals surface area contributed by atoms with E-state index in [1.165, 1.54) is 4.90 Å². The van der Waals surface area contributed by atoms with Crippen molar-refractivity contribution in [1.82, 2.24) is 10.2 Å². The van der Waals surface area contributed by atoms with Crippen molar-refractivity contribution >= 4 is 21.7 Å². The van der Waals surface area contributed by atoms with Crippen molar-refractivity contribution in [2.24, 2.45) is 5.92 Å². The first-order valence-electron chi connectivity index (χ1n) is 11.9. The molecule has 40 heavy (non-hydrogen) atoms. The first-order chi connectivity index (χ1) is 18.4. The summed E-state index contributed by atoms with van der Waals surface area (Å²) in [7, 11) is -4.56. The Morgan fingerprint density at radius 2 is 1.50 bits per heavy atom. The highest BCUT2D eigenvalue weighted by Crippen LogP contribution is 2.54. The number of piperidine rings is 1. The zero-order valence-corrected chi connectivity index (χ0v) is 21.3. The van der Waals surface area contributed by atoms with Crippen molar-refractivity contribution in [3.8, 4) is 0 Å². The van der Waals surface area contributed by atoms with Crippen LogP contribution in [0.3, 0.4) is 0 Å². The second-order valence-electron chi connectivity index (χ2n) is 9.73. The predicted octanol–water partition coefficient (Wildman–Crippen LogP) is 4.54. The molecule has 0 radical (unpaired) electrons. The monoisotopic (exact) mass is 598 g/mol. The van der Waals surface area contributed by atoms with E-state index >= 15 is 0 Å². The molecule has 2 atom stereocenters. The van der Waals surface area contributed by atoms with E-state index in [9.17, 15) is 53.1 Å². The van der Waals surface area contributed by atoms with Crippen LogP contribution >= 0.6 is 0 Å². The summed E-state index contributed by atoms with van der Waals surface area (Å²) in [5.74, 6) is -2.45. The maximum absolute atomic E-state index is 14.6. The molecule has 15 heteroatoms.